The molecule has 0 unspecified atom stereocenters. The van der Waals surface area contributed by atoms with Crippen molar-refractivity contribution in [1.82, 2.24) is 0 Å². The molecule has 0 aliphatic carbocycles. The molecule has 0 saturated heterocycles. The van der Waals surface area contributed by atoms with Crippen molar-refractivity contribution < 1.29 is 22.3 Å². The first kappa shape index (κ1) is 15.1. The molecular formula is C17H11F3O3. The fourth-order valence-corrected chi connectivity index (χ4v) is 2.11. The number of ether oxygens (including phenoxy) is 1. The number of rotatable bonds is 3. The second kappa shape index (κ2) is 5.79. The largest absolute Gasteiger partial charge is 0.489 e. The van der Waals surface area contributed by atoms with Gasteiger partial charge in [-0.05, 0) is 23.8 Å². The Bertz CT molecular complexity index is 883. The summed E-state index contributed by atoms with van der Waals surface area (Å²) in [4.78, 5) is 11.9. The van der Waals surface area contributed by atoms with Crippen LogP contribution in [0.25, 0.3) is 11.0 Å². The molecule has 3 nitrogen and oxygen atoms in total. The molecule has 23 heavy (non-hydrogen) atoms. The van der Waals surface area contributed by atoms with Crippen LogP contribution in [-0.4, -0.2) is 0 Å². The second-order valence-electron chi connectivity index (χ2n) is 4.90. The van der Waals surface area contributed by atoms with Crippen molar-refractivity contribution in [3.05, 3.63) is 76.1 Å². The summed E-state index contributed by atoms with van der Waals surface area (Å²) in [5.74, 6) is -0.929. The van der Waals surface area contributed by atoms with E-state index in [4.69, 9.17) is 9.15 Å². The highest BCUT2D eigenvalue weighted by Gasteiger charge is 2.34. The van der Waals surface area contributed by atoms with Gasteiger partial charge in [0.1, 0.15) is 17.9 Å². The summed E-state index contributed by atoms with van der Waals surface area (Å²) >= 11 is 0. The van der Waals surface area contributed by atoms with Gasteiger partial charge in [0, 0.05) is 6.07 Å². The molecule has 118 valence electrons. The van der Waals surface area contributed by atoms with Crippen molar-refractivity contribution in [1.29, 1.82) is 0 Å². The number of benzene rings is 2. The molecule has 0 atom stereocenters. The molecule has 0 bridgehead atoms. The normalized spacial score (nSPS) is 11.6. The topological polar surface area (TPSA) is 39.4 Å². The van der Waals surface area contributed by atoms with Crippen LogP contribution >= 0.6 is 0 Å². The van der Waals surface area contributed by atoms with Crippen molar-refractivity contribution in [2.45, 2.75) is 12.8 Å². The van der Waals surface area contributed by atoms with E-state index in [-0.39, 0.29) is 17.6 Å². The highest BCUT2D eigenvalue weighted by molar-refractivity contribution is 5.78. The van der Waals surface area contributed by atoms with E-state index >= 15 is 0 Å². The summed E-state index contributed by atoms with van der Waals surface area (Å²) in [6, 6.07) is 14.0. The first-order valence-electron chi connectivity index (χ1n) is 6.75. The van der Waals surface area contributed by atoms with E-state index in [0.29, 0.717) is 11.8 Å². The molecule has 0 saturated carbocycles. The van der Waals surface area contributed by atoms with Crippen molar-refractivity contribution in [3.8, 4) is 5.75 Å². The Morgan fingerprint density at radius 3 is 2.43 bits per heavy atom. The van der Waals surface area contributed by atoms with Crippen molar-refractivity contribution in [2.24, 2.45) is 0 Å². The van der Waals surface area contributed by atoms with E-state index in [1.807, 2.05) is 30.3 Å². The lowest BCUT2D eigenvalue weighted by Gasteiger charge is -2.09. The van der Waals surface area contributed by atoms with Gasteiger partial charge in [-0.25, -0.2) is 0 Å². The molecule has 6 heteroatoms. The third-order valence-corrected chi connectivity index (χ3v) is 3.23. The lowest BCUT2D eigenvalue weighted by molar-refractivity contribution is -0.152. The first-order valence-corrected chi connectivity index (χ1v) is 6.75. The fraction of sp³-hybridized carbons (Fsp3) is 0.118. The van der Waals surface area contributed by atoms with Crippen molar-refractivity contribution >= 4 is 11.0 Å². The third-order valence-electron chi connectivity index (χ3n) is 3.23. The van der Waals surface area contributed by atoms with Crippen LogP contribution in [0.5, 0.6) is 5.75 Å². The Morgan fingerprint density at radius 1 is 1.00 bits per heavy atom. The van der Waals surface area contributed by atoms with Gasteiger partial charge in [0.15, 0.2) is 5.43 Å². The number of hydrogen-bond acceptors (Lipinski definition) is 3. The number of hydrogen-bond donors (Lipinski definition) is 0. The summed E-state index contributed by atoms with van der Waals surface area (Å²) in [6.07, 6.45) is -4.70. The number of halogens is 3. The van der Waals surface area contributed by atoms with Gasteiger partial charge in [0.25, 0.3) is 0 Å². The van der Waals surface area contributed by atoms with Gasteiger partial charge >= 0.3 is 6.18 Å². The molecule has 0 fully saturated rings. The predicted molar refractivity (Wildman–Crippen MR) is 78.3 cm³/mol. The lowest BCUT2D eigenvalue weighted by atomic mass is 10.2. The molecule has 0 aliphatic rings. The summed E-state index contributed by atoms with van der Waals surface area (Å²) in [5.41, 5.74) is 0.0488. The van der Waals surface area contributed by atoms with E-state index in [1.165, 1.54) is 18.2 Å². The zero-order valence-corrected chi connectivity index (χ0v) is 11.8. The quantitative estimate of drug-likeness (QED) is 0.718. The fourth-order valence-electron chi connectivity index (χ4n) is 2.11. The van der Waals surface area contributed by atoms with E-state index < -0.39 is 17.4 Å². The maximum atomic E-state index is 12.6. The Morgan fingerprint density at radius 2 is 1.74 bits per heavy atom. The van der Waals surface area contributed by atoms with Crippen LogP contribution in [0.15, 0.2) is 63.8 Å². The zero-order chi connectivity index (χ0) is 16.4. The minimum atomic E-state index is -4.70. The molecule has 3 rings (SSSR count). The summed E-state index contributed by atoms with van der Waals surface area (Å²) in [6.45, 7) is 0.290. The summed E-state index contributed by atoms with van der Waals surface area (Å²) in [5, 5.41) is 0.0450. The molecule has 0 N–H and O–H groups in total. The molecule has 0 spiro atoms. The van der Waals surface area contributed by atoms with Gasteiger partial charge in [-0.3, -0.25) is 4.79 Å². The summed E-state index contributed by atoms with van der Waals surface area (Å²) < 4.78 is 48.2. The van der Waals surface area contributed by atoms with E-state index in [2.05, 4.69) is 0 Å². The van der Waals surface area contributed by atoms with Crippen LogP contribution in [0.1, 0.15) is 11.3 Å². The molecule has 0 aliphatic heterocycles. The van der Waals surface area contributed by atoms with Gasteiger partial charge in [0.05, 0.1) is 5.39 Å². The smallest absolute Gasteiger partial charge is 0.449 e. The maximum absolute atomic E-state index is 12.6. The molecule has 0 radical (unpaired) electrons. The number of alkyl halides is 3. The van der Waals surface area contributed by atoms with Crippen LogP contribution in [0.4, 0.5) is 13.2 Å². The van der Waals surface area contributed by atoms with E-state index in [1.54, 1.807) is 0 Å². The van der Waals surface area contributed by atoms with Crippen LogP contribution in [0, 0.1) is 0 Å². The minimum absolute atomic E-state index is 0.0450. The number of fused-ring (bicyclic) bond motifs is 1. The van der Waals surface area contributed by atoms with Crippen LogP contribution in [0.3, 0.4) is 0 Å². The first-order chi connectivity index (χ1) is 10.9. The van der Waals surface area contributed by atoms with Gasteiger partial charge in [-0.15, -0.1) is 0 Å². The Balaban J connectivity index is 1.90. The highest BCUT2D eigenvalue weighted by Crippen LogP contribution is 2.30. The molecule has 1 aromatic heterocycles. The van der Waals surface area contributed by atoms with Gasteiger partial charge < -0.3 is 9.15 Å². The SMILES string of the molecule is O=c1cc(C(F)(F)F)oc2ccc(OCc3ccccc3)cc12. The average Bonchev–Trinajstić information content (AvgIpc) is 2.53. The van der Waals surface area contributed by atoms with Gasteiger partial charge in [-0.1, -0.05) is 30.3 Å². The predicted octanol–water partition coefficient (Wildman–Crippen LogP) is 4.39. The molecule has 3 aromatic rings. The summed E-state index contributed by atoms with van der Waals surface area (Å²) in [7, 11) is 0. The molecule has 1 heterocycles. The Hall–Kier alpha value is -2.76. The minimum Gasteiger partial charge on any atom is -0.489 e. The molecule has 2 aromatic carbocycles. The average molecular weight is 320 g/mol. The third kappa shape index (κ3) is 3.36. The monoisotopic (exact) mass is 320 g/mol. The Labute approximate surface area is 128 Å². The van der Waals surface area contributed by atoms with Gasteiger partial charge in [-0.2, -0.15) is 13.2 Å². The van der Waals surface area contributed by atoms with Crippen LogP contribution in [0.2, 0.25) is 0 Å². The van der Waals surface area contributed by atoms with Gasteiger partial charge in [0.2, 0.25) is 5.76 Å². The second-order valence-corrected chi connectivity index (χ2v) is 4.90. The van der Waals surface area contributed by atoms with Crippen LogP contribution in [-0.2, 0) is 12.8 Å². The standard InChI is InChI=1S/C17H11F3O3/c18-17(19,20)16-9-14(21)13-8-12(6-7-15(13)23-16)22-10-11-4-2-1-3-5-11/h1-9H,10H2. The maximum Gasteiger partial charge on any atom is 0.449 e. The molecular weight excluding hydrogens is 309 g/mol. The van der Waals surface area contributed by atoms with Crippen molar-refractivity contribution in [2.75, 3.05) is 0 Å². The lowest BCUT2D eigenvalue weighted by Crippen LogP contribution is -2.11. The van der Waals surface area contributed by atoms with E-state index in [0.717, 1.165) is 5.56 Å². The van der Waals surface area contributed by atoms with E-state index in [9.17, 15) is 18.0 Å². The van der Waals surface area contributed by atoms with Crippen molar-refractivity contribution in [3.63, 3.8) is 0 Å². The zero-order valence-electron chi connectivity index (χ0n) is 11.8. The van der Waals surface area contributed by atoms with Crippen LogP contribution < -0.4 is 10.2 Å². The highest BCUT2D eigenvalue weighted by atomic mass is 19.4. The Kier molecular flexibility index (Phi) is 3.82. The molecule has 0 amide bonds.